The van der Waals surface area contributed by atoms with Crippen molar-refractivity contribution in [3.8, 4) is 0 Å². The fourth-order valence-electron chi connectivity index (χ4n) is 1.81. The molecule has 0 saturated carbocycles. The molecule has 0 saturated heterocycles. The molecule has 2 N–H and O–H groups in total. The molecule has 0 aliphatic rings. The number of halogens is 1. The van der Waals surface area contributed by atoms with Crippen LogP contribution >= 0.6 is 15.9 Å². The molecule has 0 aliphatic carbocycles. The molecule has 1 aromatic carbocycles. The molecule has 0 aliphatic heterocycles. The first-order valence-electron chi connectivity index (χ1n) is 6.79. The lowest BCUT2D eigenvalue weighted by Gasteiger charge is -2.12. The van der Waals surface area contributed by atoms with Crippen LogP contribution in [0.25, 0.3) is 0 Å². The van der Waals surface area contributed by atoms with Gasteiger partial charge in [-0.1, -0.05) is 22.0 Å². The zero-order chi connectivity index (χ0) is 15.2. The molecule has 1 heterocycles. The van der Waals surface area contributed by atoms with E-state index in [0.29, 0.717) is 19.0 Å². The Kier molecular flexibility index (Phi) is 5.52. The zero-order valence-electron chi connectivity index (χ0n) is 12.4. The summed E-state index contributed by atoms with van der Waals surface area (Å²) in [7, 11) is 1.83. The molecule has 0 spiro atoms. The van der Waals surface area contributed by atoms with Crippen molar-refractivity contribution < 1.29 is 4.74 Å². The van der Waals surface area contributed by atoms with Crippen LogP contribution in [-0.4, -0.2) is 23.6 Å². The van der Waals surface area contributed by atoms with Crippen molar-refractivity contribution in [3.05, 3.63) is 40.1 Å². The summed E-state index contributed by atoms with van der Waals surface area (Å²) < 4.78 is 6.40. The van der Waals surface area contributed by atoms with Crippen molar-refractivity contribution in [2.45, 2.75) is 20.5 Å². The summed E-state index contributed by atoms with van der Waals surface area (Å²) >= 11 is 3.48. The maximum atomic E-state index is 5.38. The lowest BCUT2D eigenvalue weighted by atomic mass is 10.2. The number of ether oxygens (including phenoxy) is 1. The van der Waals surface area contributed by atoms with Gasteiger partial charge in [-0.05, 0) is 31.5 Å². The highest BCUT2D eigenvalue weighted by Gasteiger charge is 2.06. The number of aryl methyl sites for hydroxylation is 1. The van der Waals surface area contributed by atoms with Gasteiger partial charge in [-0.25, -0.2) is 9.97 Å². The van der Waals surface area contributed by atoms with E-state index in [4.69, 9.17) is 4.74 Å². The normalized spacial score (nSPS) is 10.5. The molecule has 0 fully saturated rings. The van der Waals surface area contributed by atoms with Crippen LogP contribution in [0, 0.1) is 6.92 Å². The van der Waals surface area contributed by atoms with Crippen LogP contribution in [0.1, 0.15) is 18.3 Å². The molecular formula is C15H19BrN4O. The average Bonchev–Trinajstić information content (AvgIpc) is 2.48. The Morgan fingerprint density at radius 1 is 1.19 bits per heavy atom. The second-order valence-corrected chi connectivity index (χ2v) is 5.44. The van der Waals surface area contributed by atoms with Gasteiger partial charge in [0.1, 0.15) is 18.2 Å². The molecule has 21 heavy (non-hydrogen) atoms. The van der Waals surface area contributed by atoms with E-state index in [1.165, 1.54) is 0 Å². The summed E-state index contributed by atoms with van der Waals surface area (Å²) in [5, 5.41) is 6.37. The number of rotatable bonds is 6. The first-order chi connectivity index (χ1) is 10.1. The van der Waals surface area contributed by atoms with Crippen LogP contribution in [0.4, 0.5) is 17.3 Å². The fraction of sp³-hybridized carbons (Fsp3) is 0.333. The van der Waals surface area contributed by atoms with E-state index in [2.05, 4.69) is 43.5 Å². The topological polar surface area (TPSA) is 59.1 Å². The van der Waals surface area contributed by atoms with E-state index >= 15 is 0 Å². The highest BCUT2D eigenvalue weighted by molar-refractivity contribution is 9.10. The Morgan fingerprint density at radius 3 is 2.67 bits per heavy atom. The number of hydrogen-bond donors (Lipinski definition) is 2. The van der Waals surface area contributed by atoms with Gasteiger partial charge in [0.15, 0.2) is 5.82 Å². The average molecular weight is 351 g/mol. The predicted octanol–water partition coefficient (Wildman–Crippen LogP) is 3.87. The second kappa shape index (κ2) is 7.38. The van der Waals surface area contributed by atoms with E-state index in [9.17, 15) is 0 Å². The lowest BCUT2D eigenvalue weighted by Crippen LogP contribution is -2.06. The third-order valence-electron chi connectivity index (χ3n) is 2.93. The highest BCUT2D eigenvalue weighted by Crippen LogP contribution is 2.24. The summed E-state index contributed by atoms with van der Waals surface area (Å²) in [5.74, 6) is 2.15. The molecule has 0 amide bonds. The molecule has 112 valence electrons. The molecule has 0 atom stereocenters. The summed E-state index contributed by atoms with van der Waals surface area (Å²) in [6.07, 6.45) is 0. The third kappa shape index (κ3) is 4.41. The number of aromatic nitrogens is 2. The number of anilines is 3. The first kappa shape index (κ1) is 15.7. The maximum absolute atomic E-state index is 5.38. The summed E-state index contributed by atoms with van der Waals surface area (Å²) in [5.41, 5.74) is 2.15. The Morgan fingerprint density at radius 2 is 1.95 bits per heavy atom. The van der Waals surface area contributed by atoms with Crippen LogP contribution in [-0.2, 0) is 11.3 Å². The number of nitrogens with zero attached hydrogens (tertiary/aromatic N) is 2. The Hall–Kier alpha value is -1.66. The van der Waals surface area contributed by atoms with Gasteiger partial charge in [0.05, 0.1) is 0 Å². The minimum atomic E-state index is 0.401. The van der Waals surface area contributed by atoms with Gasteiger partial charge in [-0.2, -0.15) is 0 Å². The van der Waals surface area contributed by atoms with Crippen molar-refractivity contribution in [2.24, 2.45) is 0 Å². The standard InChI is InChI=1S/C15H19BrN4O/c1-4-21-9-15-19-13(17-3)8-14(20-15)18-12-7-11(16)6-5-10(12)2/h5-8H,4,9H2,1-3H3,(H2,17,18,19,20). The zero-order valence-corrected chi connectivity index (χ0v) is 14.0. The quantitative estimate of drug-likeness (QED) is 0.827. The van der Waals surface area contributed by atoms with Gasteiger partial charge in [-0.3, -0.25) is 0 Å². The van der Waals surface area contributed by atoms with E-state index in [-0.39, 0.29) is 0 Å². The first-order valence-corrected chi connectivity index (χ1v) is 7.58. The van der Waals surface area contributed by atoms with Crippen LogP contribution < -0.4 is 10.6 Å². The summed E-state index contributed by atoms with van der Waals surface area (Å²) in [4.78, 5) is 8.86. The van der Waals surface area contributed by atoms with Gasteiger partial charge in [-0.15, -0.1) is 0 Å². The molecule has 2 rings (SSSR count). The van der Waals surface area contributed by atoms with E-state index in [1.54, 1.807) is 0 Å². The van der Waals surface area contributed by atoms with Gasteiger partial charge < -0.3 is 15.4 Å². The molecule has 2 aromatic rings. The Labute approximate surface area is 133 Å². The molecule has 1 aromatic heterocycles. The molecule has 0 radical (unpaired) electrons. The fourth-order valence-corrected chi connectivity index (χ4v) is 2.18. The van der Waals surface area contributed by atoms with Crippen LogP contribution in [0.15, 0.2) is 28.7 Å². The van der Waals surface area contributed by atoms with Gasteiger partial charge in [0.25, 0.3) is 0 Å². The van der Waals surface area contributed by atoms with Crippen molar-refractivity contribution in [1.29, 1.82) is 0 Å². The van der Waals surface area contributed by atoms with E-state index in [0.717, 1.165) is 27.4 Å². The number of nitrogens with one attached hydrogen (secondary N) is 2. The van der Waals surface area contributed by atoms with Gasteiger partial charge >= 0.3 is 0 Å². The van der Waals surface area contributed by atoms with Gasteiger partial charge in [0.2, 0.25) is 0 Å². The molecular weight excluding hydrogens is 332 g/mol. The van der Waals surface area contributed by atoms with Crippen LogP contribution in [0.3, 0.4) is 0 Å². The molecule has 0 unspecified atom stereocenters. The van der Waals surface area contributed by atoms with Crippen molar-refractivity contribution in [3.63, 3.8) is 0 Å². The largest absolute Gasteiger partial charge is 0.374 e. The Bertz CT molecular complexity index is 619. The minimum Gasteiger partial charge on any atom is -0.374 e. The molecule has 5 nitrogen and oxygen atoms in total. The second-order valence-electron chi connectivity index (χ2n) is 4.53. The summed E-state index contributed by atoms with van der Waals surface area (Å²) in [6.45, 7) is 5.04. The summed E-state index contributed by atoms with van der Waals surface area (Å²) in [6, 6.07) is 7.96. The molecule has 6 heteroatoms. The van der Waals surface area contributed by atoms with Crippen molar-refractivity contribution in [1.82, 2.24) is 9.97 Å². The smallest absolute Gasteiger partial charge is 0.158 e. The van der Waals surface area contributed by atoms with Gasteiger partial charge in [0, 0.05) is 29.9 Å². The van der Waals surface area contributed by atoms with Crippen LogP contribution in [0.2, 0.25) is 0 Å². The predicted molar refractivity (Wildman–Crippen MR) is 89.1 cm³/mol. The molecule has 0 bridgehead atoms. The lowest BCUT2D eigenvalue weighted by molar-refractivity contribution is 0.128. The SMILES string of the molecule is CCOCc1nc(NC)cc(Nc2cc(Br)ccc2C)n1. The third-order valence-corrected chi connectivity index (χ3v) is 3.42. The maximum Gasteiger partial charge on any atom is 0.158 e. The van der Waals surface area contributed by atoms with Crippen molar-refractivity contribution in [2.75, 3.05) is 24.3 Å². The number of benzene rings is 1. The van der Waals surface area contributed by atoms with Crippen LogP contribution in [0.5, 0.6) is 0 Å². The highest BCUT2D eigenvalue weighted by atomic mass is 79.9. The minimum absolute atomic E-state index is 0.401. The van der Waals surface area contributed by atoms with E-state index < -0.39 is 0 Å². The Balaban J connectivity index is 2.27. The van der Waals surface area contributed by atoms with Crippen molar-refractivity contribution >= 4 is 33.3 Å². The number of hydrogen-bond acceptors (Lipinski definition) is 5. The van der Waals surface area contributed by atoms with E-state index in [1.807, 2.05) is 38.2 Å². The monoisotopic (exact) mass is 350 g/mol.